The topological polar surface area (TPSA) is 0 Å². The normalized spacial score (nSPS) is 13.6. The van der Waals surface area contributed by atoms with Crippen LogP contribution >= 0.6 is 45.0 Å². The highest BCUT2D eigenvalue weighted by atomic mass is 35.8. The zero-order valence-electron chi connectivity index (χ0n) is 5.09. The van der Waals surface area contributed by atoms with Crippen molar-refractivity contribution in [2.45, 2.75) is 6.18 Å². The van der Waals surface area contributed by atoms with Gasteiger partial charge in [0.15, 0.2) is 0 Å². The van der Waals surface area contributed by atoms with E-state index in [1.54, 1.807) is 0 Å². The van der Waals surface area contributed by atoms with Gasteiger partial charge in [0.2, 0.25) is 0 Å². The number of hydrogen-bond acceptors (Lipinski definition) is 1. The molecule has 0 aromatic rings. The standard InChI is InChI=1S/C3H4Cl3F3SSi/c4-11(5,6)2-10-1-3(7,8)9/h1-2H2. The first-order valence-electron chi connectivity index (χ1n) is 2.42. The highest BCUT2D eigenvalue weighted by Crippen LogP contribution is 2.28. The van der Waals surface area contributed by atoms with Crippen LogP contribution < -0.4 is 0 Å². The monoisotopic (exact) mass is 262 g/mol. The minimum Gasteiger partial charge on any atom is -0.170 e. The van der Waals surface area contributed by atoms with E-state index in [1.165, 1.54) is 0 Å². The van der Waals surface area contributed by atoms with Crippen LogP contribution in [0.2, 0.25) is 0 Å². The van der Waals surface area contributed by atoms with Crippen LogP contribution in [0.15, 0.2) is 0 Å². The van der Waals surface area contributed by atoms with Gasteiger partial charge in [0.05, 0.1) is 5.75 Å². The Morgan fingerprint density at radius 3 is 1.91 bits per heavy atom. The second-order valence-electron chi connectivity index (χ2n) is 1.72. The lowest BCUT2D eigenvalue weighted by Crippen LogP contribution is -2.18. The summed E-state index contributed by atoms with van der Waals surface area (Å²) in [5.74, 6) is -0.950. The first kappa shape index (κ1) is 12.2. The van der Waals surface area contributed by atoms with Crippen molar-refractivity contribution in [1.82, 2.24) is 0 Å². The highest BCUT2D eigenvalue weighted by Gasteiger charge is 2.31. The molecule has 0 unspecified atom stereocenters. The summed E-state index contributed by atoms with van der Waals surface area (Å²) in [6.07, 6.45) is -4.17. The molecule has 8 heteroatoms. The van der Waals surface area contributed by atoms with E-state index in [4.69, 9.17) is 33.2 Å². The summed E-state index contributed by atoms with van der Waals surface area (Å²) in [6, 6.07) is -2.88. The third-order valence-electron chi connectivity index (χ3n) is 0.531. The molecule has 0 N–H and O–H groups in total. The minimum atomic E-state index is -4.17. The molecular weight excluding hydrogens is 260 g/mol. The van der Waals surface area contributed by atoms with E-state index >= 15 is 0 Å². The van der Waals surface area contributed by atoms with Crippen LogP contribution in [0.25, 0.3) is 0 Å². The number of rotatable bonds is 3. The molecule has 0 aromatic heterocycles. The molecule has 0 radical (unpaired) electrons. The molecule has 0 rings (SSSR count). The maximum atomic E-state index is 11.5. The maximum Gasteiger partial charge on any atom is 0.397 e. The number of thioether (sulfide) groups is 1. The van der Waals surface area contributed by atoms with E-state index in [-0.39, 0.29) is 5.38 Å². The molecule has 0 saturated carbocycles. The molecule has 0 aliphatic heterocycles. The number of halogens is 6. The molecule has 0 amide bonds. The van der Waals surface area contributed by atoms with Crippen molar-refractivity contribution >= 4 is 51.0 Å². The Morgan fingerprint density at radius 1 is 1.18 bits per heavy atom. The Kier molecular flexibility index (Phi) is 4.96. The molecule has 0 atom stereocenters. The van der Waals surface area contributed by atoms with Crippen LogP contribution in [0.4, 0.5) is 13.2 Å². The Morgan fingerprint density at radius 2 is 1.64 bits per heavy atom. The van der Waals surface area contributed by atoms with Gasteiger partial charge >= 0.3 is 12.2 Å². The molecule has 11 heavy (non-hydrogen) atoms. The molecule has 0 fully saturated rings. The second-order valence-corrected chi connectivity index (χ2v) is 12.4. The van der Waals surface area contributed by atoms with Crippen molar-refractivity contribution in [2.24, 2.45) is 0 Å². The molecule has 0 saturated heterocycles. The van der Waals surface area contributed by atoms with Gasteiger partial charge < -0.3 is 0 Å². The van der Waals surface area contributed by atoms with Crippen LogP contribution in [-0.2, 0) is 0 Å². The van der Waals surface area contributed by atoms with Gasteiger partial charge in [-0.15, -0.1) is 33.2 Å². The van der Waals surface area contributed by atoms with E-state index in [1.807, 2.05) is 0 Å². The zero-order valence-corrected chi connectivity index (χ0v) is 9.17. The molecule has 0 heterocycles. The highest BCUT2D eigenvalue weighted by molar-refractivity contribution is 8.03. The van der Waals surface area contributed by atoms with Crippen molar-refractivity contribution < 1.29 is 13.2 Å². The average Bonchev–Trinajstić information content (AvgIpc) is 1.55. The third-order valence-corrected chi connectivity index (χ3v) is 6.13. The van der Waals surface area contributed by atoms with Gasteiger partial charge in [-0.3, -0.25) is 0 Å². The smallest absolute Gasteiger partial charge is 0.170 e. The summed E-state index contributed by atoms with van der Waals surface area (Å²) in [4.78, 5) is 0. The van der Waals surface area contributed by atoms with Gasteiger partial charge in [-0.25, -0.2) is 0 Å². The van der Waals surface area contributed by atoms with E-state index in [9.17, 15) is 13.2 Å². The molecule has 0 nitrogen and oxygen atoms in total. The van der Waals surface area contributed by atoms with Crippen molar-refractivity contribution in [2.75, 3.05) is 11.1 Å². The van der Waals surface area contributed by atoms with Crippen molar-refractivity contribution in [1.29, 1.82) is 0 Å². The molecule has 0 spiro atoms. The van der Waals surface area contributed by atoms with E-state index in [0.717, 1.165) is 0 Å². The quantitative estimate of drug-likeness (QED) is 0.555. The summed E-state index contributed by atoms with van der Waals surface area (Å²) in [6.45, 7) is 0. The van der Waals surface area contributed by atoms with E-state index in [0.29, 0.717) is 11.8 Å². The van der Waals surface area contributed by atoms with Gasteiger partial charge in [0, 0.05) is 5.38 Å². The van der Waals surface area contributed by atoms with Crippen molar-refractivity contribution in [3.63, 3.8) is 0 Å². The van der Waals surface area contributed by atoms with Gasteiger partial charge in [-0.2, -0.15) is 24.9 Å². The SMILES string of the molecule is FC(F)(F)CSC[Si](Cl)(Cl)Cl. The number of hydrogen-bond donors (Lipinski definition) is 0. The molecule has 0 aliphatic rings. The van der Waals surface area contributed by atoms with Crippen LogP contribution in [0.3, 0.4) is 0 Å². The van der Waals surface area contributed by atoms with Gasteiger partial charge in [-0.05, 0) is 0 Å². The fourth-order valence-corrected chi connectivity index (χ4v) is 3.93. The Balaban J connectivity index is 3.44. The predicted octanol–water partition coefficient (Wildman–Crippen LogP) is 3.48. The van der Waals surface area contributed by atoms with Crippen molar-refractivity contribution in [3.05, 3.63) is 0 Å². The summed E-state index contributed by atoms with van der Waals surface area (Å²) >= 11 is 16.6. The maximum absolute atomic E-state index is 11.5. The lowest BCUT2D eigenvalue weighted by atomic mass is 10.8. The predicted molar refractivity (Wildman–Crippen MR) is 46.7 cm³/mol. The number of alkyl halides is 3. The van der Waals surface area contributed by atoms with Crippen molar-refractivity contribution in [3.8, 4) is 0 Å². The fourth-order valence-electron chi connectivity index (χ4n) is 0.282. The zero-order chi connectivity index (χ0) is 9.12. The van der Waals surface area contributed by atoms with Crippen LogP contribution in [0.1, 0.15) is 0 Å². The fraction of sp³-hybridized carbons (Fsp3) is 1.00. The third kappa shape index (κ3) is 11.2. The Hall–Kier alpha value is 1.23. The van der Waals surface area contributed by atoms with E-state index < -0.39 is 17.9 Å². The van der Waals surface area contributed by atoms with Crippen LogP contribution in [0.5, 0.6) is 0 Å². The summed E-state index contributed by atoms with van der Waals surface area (Å²) < 4.78 is 34.5. The second kappa shape index (κ2) is 4.46. The van der Waals surface area contributed by atoms with E-state index in [2.05, 4.69) is 0 Å². The molecular formula is C3H4Cl3F3SSi. The van der Waals surface area contributed by atoms with Crippen LogP contribution in [-0.4, -0.2) is 23.3 Å². The van der Waals surface area contributed by atoms with Gasteiger partial charge in [-0.1, -0.05) is 0 Å². The summed E-state index contributed by atoms with van der Waals surface area (Å²) in [5.41, 5.74) is 0. The lowest BCUT2D eigenvalue weighted by molar-refractivity contribution is -0.105. The Labute approximate surface area is 81.5 Å². The first-order valence-corrected chi connectivity index (χ1v) is 8.82. The molecule has 0 aliphatic carbocycles. The molecule has 0 aromatic carbocycles. The molecule has 0 bridgehead atoms. The van der Waals surface area contributed by atoms with Gasteiger partial charge in [0.25, 0.3) is 0 Å². The Bertz CT molecular complexity index is 108. The average molecular weight is 264 g/mol. The first-order chi connectivity index (χ1) is 4.71. The molecule has 68 valence electrons. The summed E-state index contributed by atoms with van der Waals surface area (Å²) in [7, 11) is 0. The lowest BCUT2D eigenvalue weighted by Gasteiger charge is -2.08. The van der Waals surface area contributed by atoms with Gasteiger partial charge in [0.1, 0.15) is 0 Å². The largest absolute Gasteiger partial charge is 0.397 e. The minimum absolute atomic E-state index is 0.0167. The van der Waals surface area contributed by atoms with Crippen LogP contribution in [0, 0.1) is 0 Å². The summed E-state index contributed by atoms with van der Waals surface area (Å²) in [5, 5.41) is -0.0167.